The summed E-state index contributed by atoms with van der Waals surface area (Å²) in [4.78, 5) is 0.403. The molecule has 1 saturated carbocycles. The maximum atomic E-state index is 12.7. The molecule has 1 fully saturated rings. The van der Waals surface area contributed by atoms with Crippen molar-refractivity contribution >= 4 is 10.0 Å². The van der Waals surface area contributed by atoms with Crippen LogP contribution in [0.25, 0.3) is 0 Å². The van der Waals surface area contributed by atoms with Gasteiger partial charge in [0.05, 0.1) is 4.90 Å². The third-order valence-corrected chi connectivity index (χ3v) is 5.96. The number of sulfonamides is 1. The van der Waals surface area contributed by atoms with Crippen LogP contribution in [0.15, 0.2) is 29.2 Å². The highest BCUT2D eigenvalue weighted by atomic mass is 32.2. The molecule has 2 unspecified atom stereocenters. The zero-order valence-corrected chi connectivity index (χ0v) is 13.7. The summed E-state index contributed by atoms with van der Waals surface area (Å²) in [6, 6.07) is 7.30. The third-order valence-electron chi connectivity index (χ3n) is 4.37. The smallest absolute Gasteiger partial charge is 0.241 e. The molecule has 0 radical (unpaired) electrons. The Bertz CT molecular complexity index is 557. The monoisotopic (exact) mass is 310 g/mol. The Kier molecular flexibility index (Phi) is 5.79. The van der Waals surface area contributed by atoms with Gasteiger partial charge >= 0.3 is 0 Å². The fourth-order valence-corrected chi connectivity index (χ4v) is 4.80. The number of nitrogens with one attached hydrogen (secondary N) is 2. The fourth-order valence-electron chi connectivity index (χ4n) is 3.22. The predicted molar refractivity (Wildman–Crippen MR) is 85.6 cm³/mol. The largest absolute Gasteiger partial charge is 0.316 e. The van der Waals surface area contributed by atoms with E-state index in [2.05, 4.69) is 17.0 Å². The Labute approximate surface area is 128 Å². The maximum Gasteiger partial charge on any atom is 0.241 e. The summed E-state index contributed by atoms with van der Waals surface area (Å²) in [7, 11) is -1.62. The van der Waals surface area contributed by atoms with Gasteiger partial charge in [0, 0.05) is 12.6 Å². The van der Waals surface area contributed by atoms with E-state index in [4.69, 9.17) is 0 Å². The standard InChI is InChI=1S/C16H26N2O2S/c1-3-13-8-4-6-10-15(13)18-21(19,20)16-11-7-5-9-14(16)12-17-2/h5,7,9,11,13,15,17-18H,3-4,6,8,10,12H2,1-2H3. The molecule has 21 heavy (non-hydrogen) atoms. The van der Waals surface area contributed by atoms with E-state index >= 15 is 0 Å². The molecule has 1 aromatic rings. The summed E-state index contributed by atoms with van der Waals surface area (Å²) < 4.78 is 28.4. The molecule has 0 bridgehead atoms. The first-order chi connectivity index (χ1) is 10.1. The van der Waals surface area contributed by atoms with E-state index in [1.165, 1.54) is 6.42 Å². The summed E-state index contributed by atoms with van der Waals surface area (Å²) in [5, 5.41) is 3.03. The lowest BCUT2D eigenvalue weighted by molar-refractivity contribution is 0.282. The molecule has 2 rings (SSSR count). The Hall–Kier alpha value is -0.910. The van der Waals surface area contributed by atoms with E-state index in [9.17, 15) is 8.42 Å². The quantitative estimate of drug-likeness (QED) is 0.849. The lowest BCUT2D eigenvalue weighted by Gasteiger charge is -2.31. The van der Waals surface area contributed by atoms with Crippen LogP contribution in [0.1, 0.15) is 44.6 Å². The average molecular weight is 310 g/mol. The van der Waals surface area contributed by atoms with Crippen LogP contribution in [-0.2, 0) is 16.6 Å². The molecule has 0 spiro atoms. The highest BCUT2D eigenvalue weighted by molar-refractivity contribution is 7.89. The van der Waals surface area contributed by atoms with Gasteiger partial charge in [0.1, 0.15) is 0 Å². The number of benzene rings is 1. The Balaban J connectivity index is 2.21. The second-order valence-electron chi connectivity index (χ2n) is 5.82. The highest BCUT2D eigenvalue weighted by Crippen LogP contribution is 2.28. The lowest BCUT2D eigenvalue weighted by Crippen LogP contribution is -2.42. The van der Waals surface area contributed by atoms with Gasteiger partial charge in [-0.05, 0) is 37.4 Å². The highest BCUT2D eigenvalue weighted by Gasteiger charge is 2.29. The number of rotatable bonds is 6. The van der Waals surface area contributed by atoms with Crippen molar-refractivity contribution in [2.24, 2.45) is 5.92 Å². The molecule has 0 heterocycles. The van der Waals surface area contributed by atoms with Crippen molar-refractivity contribution in [3.63, 3.8) is 0 Å². The third kappa shape index (κ3) is 4.05. The minimum atomic E-state index is -3.45. The normalized spacial score (nSPS) is 23.1. The molecular formula is C16H26N2O2S. The molecular weight excluding hydrogens is 284 g/mol. The van der Waals surface area contributed by atoms with Gasteiger partial charge in [0.2, 0.25) is 10.0 Å². The molecule has 5 heteroatoms. The van der Waals surface area contributed by atoms with Crippen molar-refractivity contribution < 1.29 is 8.42 Å². The molecule has 118 valence electrons. The van der Waals surface area contributed by atoms with Crippen molar-refractivity contribution in [2.45, 2.75) is 56.5 Å². The summed E-state index contributed by atoms with van der Waals surface area (Å²) in [5.74, 6) is 0.463. The van der Waals surface area contributed by atoms with Crippen LogP contribution in [0.5, 0.6) is 0 Å². The average Bonchev–Trinajstić information content (AvgIpc) is 2.48. The molecule has 0 aromatic heterocycles. The van der Waals surface area contributed by atoms with Crippen LogP contribution in [0.4, 0.5) is 0 Å². The van der Waals surface area contributed by atoms with Gasteiger partial charge in [-0.1, -0.05) is 44.4 Å². The summed E-state index contributed by atoms with van der Waals surface area (Å²) in [6.07, 6.45) is 5.44. The molecule has 0 aliphatic heterocycles. The number of hydrogen-bond acceptors (Lipinski definition) is 3. The van der Waals surface area contributed by atoms with Crippen LogP contribution in [0, 0.1) is 5.92 Å². The molecule has 0 amide bonds. The molecule has 0 saturated heterocycles. The zero-order valence-electron chi connectivity index (χ0n) is 12.9. The van der Waals surface area contributed by atoms with Crippen molar-refractivity contribution in [1.82, 2.24) is 10.0 Å². The number of hydrogen-bond donors (Lipinski definition) is 2. The van der Waals surface area contributed by atoms with Gasteiger partial charge in [0.25, 0.3) is 0 Å². The molecule has 1 aliphatic rings. The Morgan fingerprint density at radius 1 is 1.19 bits per heavy atom. The van der Waals surface area contributed by atoms with E-state index in [-0.39, 0.29) is 6.04 Å². The SMILES string of the molecule is CCC1CCCCC1NS(=O)(=O)c1ccccc1CNC. The van der Waals surface area contributed by atoms with Gasteiger partial charge in [-0.2, -0.15) is 0 Å². The van der Waals surface area contributed by atoms with E-state index < -0.39 is 10.0 Å². The van der Waals surface area contributed by atoms with E-state index in [1.54, 1.807) is 12.1 Å². The summed E-state index contributed by atoms with van der Waals surface area (Å²) in [5.41, 5.74) is 0.816. The van der Waals surface area contributed by atoms with Crippen molar-refractivity contribution in [3.05, 3.63) is 29.8 Å². The van der Waals surface area contributed by atoms with Crippen molar-refractivity contribution in [2.75, 3.05) is 7.05 Å². The van der Waals surface area contributed by atoms with Crippen LogP contribution < -0.4 is 10.0 Å². The van der Waals surface area contributed by atoms with Crippen molar-refractivity contribution in [3.8, 4) is 0 Å². The molecule has 2 N–H and O–H groups in total. The summed E-state index contributed by atoms with van der Waals surface area (Å²) in [6.45, 7) is 2.70. The van der Waals surface area contributed by atoms with E-state index in [0.29, 0.717) is 17.4 Å². The van der Waals surface area contributed by atoms with Gasteiger partial charge in [0.15, 0.2) is 0 Å². The first-order valence-corrected chi connectivity index (χ1v) is 9.31. The van der Waals surface area contributed by atoms with Crippen LogP contribution in [0.2, 0.25) is 0 Å². The predicted octanol–water partition coefficient (Wildman–Crippen LogP) is 2.65. The van der Waals surface area contributed by atoms with Crippen LogP contribution in [0.3, 0.4) is 0 Å². The first-order valence-electron chi connectivity index (χ1n) is 7.83. The van der Waals surface area contributed by atoms with Crippen LogP contribution >= 0.6 is 0 Å². The van der Waals surface area contributed by atoms with Gasteiger partial charge in [-0.25, -0.2) is 13.1 Å². The molecule has 1 aromatic carbocycles. The molecule has 4 nitrogen and oxygen atoms in total. The van der Waals surface area contributed by atoms with Gasteiger partial charge < -0.3 is 5.32 Å². The van der Waals surface area contributed by atoms with Crippen molar-refractivity contribution in [1.29, 1.82) is 0 Å². The molecule has 2 atom stereocenters. The minimum Gasteiger partial charge on any atom is -0.316 e. The van der Waals surface area contributed by atoms with E-state index in [1.807, 2.05) is 19.2 Å². The first kappa shape index (κ1) is 16.5. The second-order valence-corrected chi connectivity index (χ2v) is 7.50. The van der Waals surface area contributed by atoms with Gasteiger partial charge in [-0.3, -0.25) is 0 Å². The summed E-state index contributed by atoms with van der Waals surface area (Å²) >= 11 is 0. The second kappa shape index (κ2) is 7.38. The fraction of sp³-hybridized carbons (Fsp3) is 0.625. The van der Waals surface area contributed by atoms with E-state index in [0.717, 1.165) is 31.2 Å². The lowest BCUT2D eigenvalue weighted by atomic mass is 9.83. The van der Waals surface area contributed by atoms with Gasteiger partial charge in [-0.15, -0.1) is 0 Å². The Morgan fingerprint density at radius 2 is 1.90 bits per heavy atom. The minimum absolute atomic E-state index is 0.0800. The molecule has 1 aliphatic carbocycles. The zero-order chi connectivity index (χ0) is 15.3. The topological polar surface area (TPSA) is 58.2 Å². The van der Waals surface area contributed by atoms with Crippen LogP contribution in [-0.4, -0.2) is 21.5 Å². The maximum absolute atomic E-state index is 12.7. The Morgan fingerprint density at radius 3 is 2.62 bits per heavy atom.